The molecule has 2 heterocycles. The minimum absolute atomic E-state index is 0.0422. The number of nitrogens with zero attached hydrogens (tertiary/aromatic N) is 1. The number of carbonyl (C=O) groups is 1. The smallest absolute Gasteiger partial charge is 0.226 e. The molecule has 1 aromatic heterocycles. The predicted octanol–water partition coefficient (Wildman–Crippen LogP) is 2.24. The Morgan fingerprint density at radius 2 is 2.40 bits per heavy atom. The fourth-order valence-electron chi connectivity index (χ4n) is 2.14. The number of benzene rings is 1. The van der Waals surface area contributed by atoms with Crippen LogP contribution in [0.5, 0.6) is 5.75 Å². The Morgan fingerprint density at radius 1 is 1.55 bits per heavy atom. The molecule has 2 N–H and O–H groups in total. The quantitative estimate of drug-likeness (QED) is 0.887. The summed E-state index contributed by atoms with van der Waals surface area (Å²) in [4.78, 5) is 16.3. The maximum atomic E-state index is 11.9. The minimum Gasteiger partial charge on any atom is -0.494 e. The molecule has 1 aromatic carbocycles. The fourth-order valence-corrected chi connectivity index (χ4v) is 3.05. The Labute approximate surface area is 121 Å². The van der Waals surface area contributed by atoms with Gasteiger partial charge in [0, 0.05) is 6.42 Å². The monoisotopic (exact) mass is 291 g/mol. The highest BCUT2D eigenvalue weighted by Gasteiger charge is 2.20. The van der Waals surface area contributed by atoms with Crippen LogP contribution in [0.4, 0.5) is 5.13 Å². The van der Waals surface area contributed by atoms with Crippen molar-refractivity contribution < 1.29 is 9.53 Å². The Bertz CT molecular complexity index is 622. The van der Waals surface area contributed by atoms with Crippen LogP contribution in [0.25, 0.3) is 10.2 Å². The van der Waals surface area contributed by atoms with Crippen molar-refractivity contribution in [1.29, 1.82) is 0 Å². The van der Waals surface area contributed by atoms with Gasteiger partial charge in [-0.25, -0.2) is 4.98 Å². The van der Waals surface area contributed by atoms with Crippen LogP contribution in [-0.2, 0) is 4.79 Å². The van der Waals surface area contributed by atoms with Crippen LogP contribution < -0.4 is 15.4 Å². The summed E-state index contributed by atoms with van der Waals surface area (Å²) in [6.45, 7) is 4.47. The Balaban J connectivity index is 1.69. The van der Waals surface area contributed by atoms with Gasteiger partial charge in [0.05, 0.1) is 16.8 Å². The molecular formula is C14H17N3O2S. The molecule has 1 aliphatic heterocycles. The van der Waals surface area contributed by atoms with Crippen LogP contribution in [0.3, 0.4) is 0 Å². The highest BCUT2D eigenvalue weighted by Crippen LogP contribution is 2.29. The van der Waals surface area contributed by atoms with Gasteiger partial charge < -0.3 is 15.4 Å². The molecule has 0 atom stereocenters. The summed E-state index contributed by atoms with van der Waals surface area (Å²) in [5, 5.41) is 6.70. The molecular weight excluding hydrogens is 274 g/mol. The van der Waals surface area contributed by atoms with Gasteiger partial charge in [0.2, 0.25) is 5.91 Å². The first-order chi connectivity index (χ1) is 9.74. The Kier molecular flexibility index (Phi) is 3.84. The van der Waals surface area contributed by atoms with Crippen molar-refractivity contribution >= 4 is 32.6 Å². The summed E-state index contributed by atoms with van der Waals surface area (Å²) < 4.78 is 6.49. The van der Waals surface area contributed by atoms with E-state index in [-0.39, 0.29) is 5.91 Å². The first kappa shape index (κ1) is 13.3. The largest absolute Gasteiger partial charge is 0.494 e. The average Bonchev–Trinajstić information content (AvgIpc) is 2.76. The normalized spacial score (nSPS) is 15.1. The third kappa shape index (κ3) is 2.91. The molecule has 106 valence electrons. The van der Waals surface area contributed by atoms with E-state index in [9.17, 15) is 4.79 Å². The zero-order valence-corrected chi connectivity index (χ0v) is 12.1. The van der Waals surface area contributed by atoms with Gasteiger partial charge in [-0.15, -0.1) is 0 Å². The first-order valence-electron chi connectivity index (χ1n) is 6.78. The van der Waals surface area contributed by atoms with E-state index in [0.29, 0.717) is 24.1 Å². The van der Waals surface area contributed by atoms with Crippen molar-refractivity contribution in [3.63, 3.8) is 0 Å². The number of nitrogens with one attached hydrogen (secondary N) is 2. The number of amides is 1. The second kappa shape index (κ2) is 5.76. The third-order valence-electron chi connectivity index (χ3n) is 3.26. The Morgan fingerprint density at radius 3 is 3.10 bits per heavy atom. The topological polar surface area (TPSA) is 63.2 Å². The van der Waals surface area contributed by atoms with E-state index < -0.39 is 0 Å². The van der Waals surface area contributed by atoms with E-state index >= 15 is 0 Å². The molecule has 3 rings (SSSR count). The molecule has 0 radical (unpaired) electrons. The molecule has 0 spiro atoms. The van der Waals surface area contributed by atoms with Crippen LogP contribution in [0, 0.1) is 5.92 Å². The molecule has 0 aliphatic carbocycles. The molecule has 6 heteroatoms. The van der Waals surface area contributed by atoms with E-state index in [1.165, 1.54) is 11.3 Å². The first-order valence-corrected chi connectivity index (χ1v) is 7.60. The second-order valence-corrected chi connectivity index (χ2v) is 5.89. The van der Waals surface area contributed by atoms with Crippen LogP contribution >= 0.6 is 11.3 Å². The standard InChI is InChI=1S/C14H17N3O2S/c1-2-19-10-3-4-11-12(6-10)20-14(16-11)17-13(18)5-9-7-15-8-9/h3-4,6,9,15H,2,5,7-8H2,1H3,(H,16,17,18). The lowest BCUT2D eigenvalue weighted by Crippen LogP contribution is -2.43. The highest BCUT2D eigenvalue weighted by molar-refractivity contribution is 7.22. The van der Waals surface area contributed by atoms with Crippen molar-refractivity contribution in [3.05, 3.63) is 18.2 Å². The second-order valence-electron chi connectivity index (χ2n) is 4.86. The number of hydrogen-bond donors (Lipinski definition) is 2. The van der Waals surface area contributed by atoms with E-state index in [1.54, 1.807) is 0 Å². The van der Waals surface area contributed by atoms with Gasteiger partial charge in [0.25, 0.3) is 0 Å². The average molecular weight is 291 g/mol. The van der Waals surface area contributed by atoms with Gasteiger partial charge in [0.15, 0.2) is 5.13 Å². The number of rotatable bonds is 5. The van der Waals surface area contributed by atoms with Gasteiger partial charge in [-0.1, -0.05) is 11.3 Å². The Hall–Kier alpha value is -1.66. The molecule has 0 unspecified atom stereocenters. The number of ether oxygens (including phenoxy) is 1. The van der Waals surface area contributed by atoms with Crippen LogP contribution in [-0.4, -0.2) is 30.6 Å². The van der Waals surface area contributed by atoms with Gasteiger partial charge in [-0.05, 0) is 44.1 Å². The highest BCUT2D eigenvalue weighted by atomic mass is 32.1. The molecule has 20 heavy (non-hydrogen) atoms. The van der Waals surface area contributed by atoms with Gasteiger partial charge >= 0.3 is 0 Å². The fraction of sp³-hybridized carbons (Fsp3) is 0.429. The van der Waals surface area contributed by atoms with Crippen molar-refractivity contribution in [2.24, 2.45) is 5.92 Å². The van der Waals surface area contributed by atoms with Crippen molar-refractivity contribution in [2.75, 3.05) is 25.0 Å². The molecule has 2 aromatic rings. The molecule has 0 bridgehead atoms. The zero-order chi connectivity index (χ0) is 13.9. The summed E-state index contributed by atoms with van der Waals surface area (Å²) >= 11 is 1.48. The van der Waals surface area contributed by atoms with Crippen LogP contribution in [0.2, 0.25) is 0 Å². The number of aromatic nitrogens is 1. The van der Waals surface area contributed by atoms with Crippen LogP contribution in [0.1, 0.15) is 13.3 Å². The lowest BCUT2D eigenvalue weighted by atomic mass is 9.99. The maximum Gasteiger partial charge on any atom is 0.226 e. The molecule has 0 saturated carbocycles. The van der Waals surface area contributed by atoms with Gasteiger partial charge in [0.1, 0.15) is 5.75 Å². The lowest BCUT2D eigenvalue weighted by Gasteiger charge is -2.25. The zero-order valence-electron chi connectivity index (χ0n) is 11.3. The molecule has 1 saturated heterocycles. The minimum atomic E-state index is 0.0422. The molecule has 1 aliphatic rings. The maximum absolute atomic E-state index is 11.9. The summed E-state index contributed by atoms with van der Waals surface area (Å²) in [6, 6.07) is 5.78. The number of carbonyl (C=O) groups excluding carboxylic acids is 1. The summed E-state index contributed by atoms with van der Waals surface area (Å²) in [7, 11) is 0. The molecule has 1 amide bonds. The van der Waals surface area contributed by atoms with E-state index in [0.717, 1.165) is 29.1 Å². The van der Waals surface area contributed by atoms with Crippen molar-refractivity contribution in [2.45, 2.75) is 13.3 Å². The number of fused-ring (bicyclic) bond motifs is 1. The van der Waals surface area contributed by atoms with E-state index in [2.05, 4.69) is 15.6 Å². The third-order valence-corrected chi connectivity index (χ3v) is 4.19. The lowest BCUT2D eigenvalue weighted by molar-refractivity contribution is -0.117. The van der Waals surface area contributed by atoms with Gasteiger partial charge in [-0.3, -0.25) is 4.79 Å². The predicted molar refractivity (Wildman–Crippen MR) is 80.4 cm³/mol. The van der Waals surface area contributed by atoms with E-state index in [1.807, 2.05) is 25.1 Å². The molecule has 1 fully saturated rings. The summed E-state index contributed by atoms with van der Waals surface area (Å²) in [6.07, 6.45) is 0.563. The number of thiazole rings is 1. The number of hydrogen-bond acceptors (Lipinski definition) is 5. The van der Waals surface area contributed by atoms with Crippen molar-refractivity contribution in [3.8, 4) is 5.75 Å². The van der Waals surface area contributed by atoms with Gasteiger partial charge in [-0.2, -0.15) is 0 Å². The number of anilines is 1. The molecule has 5 nitrogen and oxygen atoms in total. The van der Waals surface area contributed by atoms with Crippen LogP contribution in [0.15, 0.2) is 18.2 Å². The summed E-state index contributed by atoms with van der Waals surface area (Å²) in [5.74, 6) is 1.34. The SMILES string of the molecule is CCOc1ccc2nc(NC(=O)CC3CNC3)sc2c1. The van der Waals surface area contributed by atoms with Crippen molar-refractivity contribution in [1.82, 2.24) is 10.3 Å². The summed E-state index contributed by atoms with van der Waals surface area (Å²) in [5.41, 5.74) is 0.888. The van der Waals surface area contributed by atoms with E-state index in [4.69, 9.17) is 4.74 Å².